The van der Waals surface area contributed by atoms with E-state index in [0.717, 1.165) is 11.3 Å². The number of oxime groups is 1. The minimum atomic E-state index is -0.656. The van der Waals surface area contributed by atoms with Gasteiger partial charge in [-0.3, -0.25) is 4.79 Å². The zero-order valence-corrected chi connectivity index (χ0v) is 12.2. The molecule has 0 aliphatic rings. The summed E-state index contributed by atoms with van der Waals surface area (Å²) in [6.45, 7) is 3.70. The van der Waals surface area contributed by atoms with Crippen LogP contribution in [0, 0.1) is 5.41 Å². The van der Waals surface area contributed by atoms with E-state index in [2.05, 4.69) is 10.5 Å². The molecule has 0 bridgehead atoms. The number of amides is 1. The third-order valence-electron chi connectivity index (χ3n) is 2.39. The van der Waals surface area contributed by atoms with Gasteiger partial charge in [-0.2, -0.15) is 0 Å². The maximum atomic E-state index is 11.8. The first-order valence-electron chi connectivity index (χ1n) is 4.99. The summed E-state index contributed by atoms with van der Waals surface area (Å²) in [6, 6.07) is 1.50. The molecular weight excluding hydrogens is 297 g/mol. The minimum Gasteiger partial charge on any atom is -0.409 e. The van der Waals surface area contributed by atoms with Gasteiger partial charge in [0.15, 0.2) is 0 Å². The lowest BCUT2D eigenvalue weighted by molar-refractivity contribution is 0.0945. The Hall–Kier alpha value is -0.980. The van der Waals surface area contributed by atoms with Crippen LogP contribution in [0.4, 0.5) is 0 Å². The average Bonchev–Trinajstić information content (AvgIpc) is 2.64. The van der Waals surface area contributed by atoms with Gasteiger partial charge in [-0.15, -0.1) is 11.3 Å². The SMILES string of the molecule is CC(C)(CNC(=O)c1cc(Cl)sc1Cl)/C(N)=N/O. The molecule has 1 rings (SSSR count). The number of carbonyl (C=O) groups excluding carboxylic acids is 1. The molecule has 0 saturated carbocycles. The van der Waals surface area contributed by atoms with Crippen LogP contribution >= 0.6 is 34.5 Å². The van der Waals surface area contributed by atoms with Crippen LogP contribution < -0.4 is 11.1 Å². The molecule has 0 spiro atoms. The lowest BCUT2D eigenvalue weighted by Gasteiger charge is -2.22. The molecule has 18 heavy (non-hydrogen) atoms. The first-order valence-corrected chi connectivity index (χ1v) is 6.56. The van der Waals surface area contributed by atoms with Crippen LogP contribution in [-0.2, 0) is 0 Å². The predicted octanol–water partition coefficient (Wildman–Crippen LogP) is 2.56. The van der Waals surface area contributed by atoms with Gasteiger partial charge in [0.2, 0.25) is 0 Å². The highest BCUT2D eigenvalue weighted by molar-refractivity contribution is 7.20. The Morgan fingerprint density at radius 3 is 2.67 bits per heavy atom. The normalized spacial score (nSPS) is 12.6. The van der Waals surface area contributed by atoms with E-state index in [1.165, 1.54) is 6.07 Å². The predicted molar refractivity (Wildman–Crippen MR) is 73.9 cm³/mol. The lowest BCUT2D eigenvalue weighted by atomic mass is 9.92. The van der Waals surface area contributed by atoms with Gasteiger partial charge >= 0.3 is 0 Å². The number of nitrogens with one attached hydrogen (secondary N) is 1. The number of hydrogen-bond acceptors (Lipinski definition) is 4. The van der Waals surface area contributed by atoms with E-state index in [9.17, 15) is 4.79 Å². The quantitative estimate of drug-likeness (QED) is 0.346. The second kappa shape index (κ2) is 5.77. The van der Waals surface area contributed by atoms with Crippen molar-refractivity contribution in [1.29, 1.82) is 0 Å². The van der Waals surface area contributed by atoms with Crippen LogP contribution in [0.2, 0.25) is 8.67 Å². The topological polar surface area (TPSA) is 87.7 Å². The summed E-state index contributed by atoms with van der Waals surface area (Å²) in [5, 5.41) is 14.2. The molecule has 1 heterocycles. The van der Waals surface area contributed by atoms with Crippen molar-refractivity contribution in [2.24, 2.45) is 16.3 Å². The van der Waals surface area contributed by atoms with E-state index in [1.54, 1.807) is 13.8 Å². The highest BCUT2D eigenvalue weighted by Gasteiger charge is 2.25. The number of hydrogen-bond donors (Lipinski definition) is 3. The smallest absolute Gasteiger partial charge is 0.253 e. The van der Waals surface area contributed by atoms with Crippen molar-refractivity contribution in [2.75, 3.05) is 6.54 Å². The van der Waals surface area contributed by atoms with Crippen molar-refractivity contribution in [1.82, 2.24) is 5.32 Å². The van der Waals surface area contributed by atoms with Gasteiger partial charge in [0.25, 0.3) is 5.91 Å². The van der Waals surface area contributed by atoms with Crippen molar-refractivity contribution in [3.8, 4) is 0 Å². The molecule has 4 N–H and O–H groups in total. The van der Waals surface area contributed by atoms with E-state index in [1.807, 2.05) is 0 Å². The van der Waals surface area contributed by atoms with Crippen molar-refractivity contribution < 1.29 is 10.0 Å². The standard InChI is InChI=1S/C10H13Cl2N3O2S/c1-10(2,9(13)15-17)4-14-8(16)5-3-6(11)18-7(5)12/h3,17H,4H2,1-2H3,(H2,13,15)(H,14,16). The molecule has 0 aromatic carbocycles. The molecule has 1 aromatic rings. The molecule has 1 amide bonds. The first-order chi connectivity index (χ1) is 8.27. The van der Waals surface area contributed by atoms with Crippen LogP contribution in [0.15, 0.2) is 11.2 Å². The monoisotopic (exact) mass is 309 g/mol. The molecule has 0 aliphatic carbocycles. The van der Waals surface area contributed by atoms with Crippen molar-refractivity contribution in [2.45, 2.75) is 13.8 Å². The van der Waals surface area contributed by atoms with Gasteiger partial charge in [0.1, 0.15) is 10.2 Å². The van der Waals surface area contributed by atoms with Gasteiger partial charge in [-0.1, -0.05) is 42.2 Å². The van der Waals surface area contributed by atoms with Crippen LogP contribution in [0.3, 0.4) is 0 Å². The van der Waals surface area contributed by atoms with E-state index >= 15 is 0 Å². The number of nitrogens with zero attached hydrogens (tertiary/aromatic N) is 1. The summed E-state index contributed by atoms with van der Waals surface area (Å²) < 4.78 is 0.778. The third-order valence-corrected chi connectivity index (χ3v) is 3.88. The van der Waals surface area contributed by atoms with Gasteiger partial charge in [-0.05, 0) is 6.07 Å². The molecule has 5 nitrogen and oxygen atoms in total. The Kier molecular flexibility index (Phi) is 4.84. The van der Waals surface area contributed by atoms with Crippen LogP contribution in [-0.4, -0.2) is 23.5 Å². The Labute approximate surface area is 119 Å². The number of rotatable bonds is 4. The fourth-order valence-corrected chi connectivity index (χ4v) is 2.58. The summed E-state index contributed by atoms with van der Waals surface area (Å²) in [7, 11) is 0. The first kappa shape index (κ1) is 15.1. The van der Waals surface area contributed by atoms with Gasteiger partial charge in [0, 0.05) is 12.0 Å². The summed E-state index contributed by atoms with van der Waals surface area (Å²) in [5.41, 5.74) is 5.18. The number of amidine groups is 1. The maximum Gasteiger partial charge on any atom is 0.253 e. The van der Waals surface area contributed by atoms with Crippen molar-refractivity contribution >= 4 is 46.3 Å². The fraction of sp³-hybridized carbons (Fsp3) is 0.400. The second-order valence-corrected chi connectivity index (χ2v) is 6.58. The largest absolute Gasteiger partial charge is 0.409 e. The number of nitrogens with two attached hydrogens (primary N) is 1. The Bertz CT molecular complexity index is 485. The number of thiophene rings is 1. The molecule has 1 aromatic heterocycles. The van der Waals surface area contributed by atoms with E-state index < -0.39 is 5.41 Å². The Morgan fingerprint density at radius 1 is 1.61 bits per heavy atom. The zero-order chi connectivity index (χ0) is 13.9. The number of halogens is 2. The Morgan fingerprint density at radius 2 is 2.22 bits per heavy atom. The van der Waals surface area contributed by atoms with Gasteiger partial charge < -0.3 is 16.3 Å². The number of carbonyl (C=O) groups is 1. The molecule has 100 valence electrons. The highest BCUT2D eigenvalue weighted by atomic mass is 35.5. The van der Waals surface area contributed by atoms with E-state index in [-0.39, 0.29) is 18.3 Å². The molecule has 0 fully saturated rings. The van der Waals surface area contributed by atoms with Crippen LogP contribution in [0.1, 0.15) is 24.2 Å². The molecular formula is C10H13Cl2N3O2S. The van der Waals surface area contributed by atoms with Crippen molar-refractivity contribution in [3.63, 3.8) is 0 Å². The van der Waals surface area contributed by atoms with Gasteiger partial charge in [-0.25, -0.2) is 0 Å². The van der Waals surface area contributed by atoms with Crippen LogP contribution in [0.25, 0.3) is 0 Å². The molecule has 0 radical (unpaired) electrons. The Balaban J connectivity index is 2.70. The second-order valence-electron chi connectivity index (χ2n) is 4.29. The van der Waals surface area contributed by atoms with E-state index in [4.69, 9.17) is 34.1 Å². The fourth-order valence-electron chi connectivity index (χ4n) is 1.12. The van der Waals surface area contributed by atoms with E-state index in [0.29, 0.717) is 14.2 Å². The molecule has 0 atom stereocenters. The summed E-state index contributed by atoms with van der Waals surface area (Å²) in [6.07, 6.45) is 0. The van der Waals surface area contributed by atoms with Crippen LogP contribution in [0.5, 0.6) is 0 Å². The summed E-state index contributed by atoms with van der Waals surface area (Å²) in [4.78, 5) is 11.8. The third kappa shape index (κ3) is 3.51. The molecule has 8 heteroatoms. The molecule has 0 saturated heterocycles. The summed E-state index contributed by atoms with van der Waals surface area (Å²) in [5.74, 6) is -0.306. The minimum absolute atomic E-state index is 0.0391. The molecule has 0 unspecified atom stereocenters. The highest BCUT2D eigenvalue weighted by Crippen LogP contribution is 2.31. The average molecular weight is 310 g/mol. The van der Waals surface area contributed by atoms with Gasteiger partial charge in [0.05, 0.1) is 9.90 Å². The maximum absolute atomic E-state index is 11.8. The zero-order valence-electron chi connectivity index (χ0n) is 9.83. The van der Waals surface area contributed by atoms with Crippen molar-refractivity contribution in [3.05, 3.63) is 20.3 Å². The lowest BCUT2D eigenvalue weighted by Crippen LogP contribution is -2.42. The molecule has 0 aliphatic heterocycles. The summed E-state index contributed by atoms with van der Waals surface area (Å²) >= 11 is 12.7.